The summed E-state index contributed by atoms with van der Waals surface area (Å²) in [6.07, 6.45) is 4.59. The first kappa shape index (κ1) is 21.4. The van der Waals surface area contributed by atoms with Gasteiger partial charge >= 0.3 is 6.03 Å². The zero-order valence-corrected chi connectivity index (χ0v) is 18.3. The third-order valence-electron chi connectivity index (χ3n) is 6.08. The third kappa shape index (κ3) is 4.44. The summed E-state index contributed by atoms with van der Waals surface area (Å²) in [7, 11) is 0. The molecule has 1 saturated carbocycles. The normalized spacial score (nSPS) is 19.4. The molecule has 4 amide bonds. The zero-order chi connectivity index (χ0) is 22.0. The van der Waals surface area contributed by atoms with Gasteiger partial charge in [-0.15, -0.1) is 0 Å². The number of anilines is 2. The van der Waals surface area contributed by atoms with Gasteiger partial charge < -0.3 is 10.2 Å². The van der Waals surface area contributed by atoms with Crippen molar-refractivity contribution in [2.75, 3.05) is 10.2 Å². The minimum absolute atomic E-state index is 0.0182. The van der Waals surface area contributed by atoms with Crippen molar-refractivity contribution < 1.29 is 14.4 Å². The summed E-state index contributed by atoms with van der Waals surface area (Å²) in [5.41, 5.74) is 2.34. The van der Waals surface area contributed by atoms with Crippen LogP contribution in [0, 0.1) is 0 Å². The Morgan fingerprint density at radius 2 is 1.68 bits per heavy atom. The molecule has 0 radical (unpaired) electrons. The summed E-state index contributed by atoms with van der Waals surface area (Å²) < 4.78 is 0. The molecule has 1 aliphatic heterocycles. The lowest BCUT2D eigenvalue weighted by Crippen LogP contribution is -2.43. The highest BCUT2D eigenvalue weighted by Gasteiger charge is 2.49. The maximum Gasteiger partial charge on any atom is 0.332 e. The van der Waals surface area contributed by atoms with Crippen LogP contribution in [0.5, 0.6) is 0 Å². The molecule has 6 nitrogen and oxygen atoms in total. The fourth-order valence-corrected chi connectivity index (χ4v) is 4.56. The van der Waals surface area contributed by atoms with E-state index in [4.69, 9.17) is 11.6 Å². The fourth-order valence-electron chi connectivity index (χ4n) is 4.43. The molecule has 7 heteroatoms. The van der Waals surface area contributed by atoms with Crippen LogP contribution < -0.4 is 10.2 Å². The van der Waals surface area contributed by atoms with Gasteiger partial charge in [-0.1, -0.05) is 43.5 Å². The van der Waals surface area contributed by atoms with Gasteiger partial charge in [-0.25, -0.2) is 9.69 Å². The largest absolute Gasteiger partial charge is 0.332 e. The molecule has 0 spiro atoms. The molecule has 1 atom stereocenters. The molecule has 1 heterocycles. The average Bonchev–Trinajstić information content (AvgIpc) is 3.36. The van der Waals surface area contributed by atoms with Gasteiger partial charge in [0, 0.05) is 16.8 Å². The first-order valence-corrected chi connectivity index (χ1v) is 11.2. The van der Waals surface area contributed by atoms with Crippen LogP contribution in [0.15, 0.2) is 48.5 Å². The predicted octanol–water partition coefficient (Wildman–Crippen LogP) is 5.01. The maximum absolute atomic E-state index is 13.3. The van der Waals surface area contributed by atoms with Crippen LogP contribution in [0.2, 0.25) is 5.02 Å². The van der Waals surface area contributed by atoms with Gasteiger partial charge in [0.25, 0.3) is 5.91 Å². The second-order valence-corrected chi connectivity index (χ2v) is 8.53. The van der Waals surface area contributed by atoms with Gasteiger partial charge in [0.1, 0.15) is 6.04 Å². The number of nitrogens with zero attached hydrogens (tertiary/aromatic N) is 2. The Hall–Kier alpha value is -2.86. The Morgan fingerprint density at radius 1 is 1.03 bits per heavy atom. The van der Waals surface area contributed by atoms with Crippen LogP contribution in [0.25, 0.3) is 0 Å². The van der Waals surface area contributed by atoms with Gasteiger partial charge in [-0.05, 0) is 61.2 Å². The van der Waals surface area contributed by atoms with Crippen molar-refractivity contribution in [1.29, 1.82) is 0 Å². The molecule has 0 aromatic heterocycles. The summed E-state index contributed by atoms with van der Waals surface area (Å²) in [4.78, 5) is 42.2. The molecule has 1 unspecified atom stereocenters. The van der Waals surface area contributed by atoms with E-state index in [-0.39, 0.29) is 30.3 Å². The molecule has 1 N–H and O–H groups in total. The molecule has 2 aliphatic rings. The van der Waals surface area contributed by atoms with E-state index in [1.807, 2.05) is 24.3 Å². The molecule has 1 saturated heterocycles. The SMILES string of the molecule is CCc1ccc(NC(=O)CC2C(=O)N(c3ccc(Cl)cc3)C(=O)N2C2CCCC2)cc1. The van der Waals surface area contributed by atoms with Crippen molar-refractivity contribution in [1.82, 2.24) is 4.90 Å². The van der Waals surface area contributed by atoms with Gasteiger partial charge in [0.05, 0.1) is 12.1 Å². The number of rotatable bonds is 6. The van der Waals surface area contributed by atoms with Crippen LogP contribution in [-0.4, -0.2) is 34.8 Å². The van der Waals surface area contributed by atoms with Crippen molar-refractivity contribution in [3.63, 3.8) is 0 Å². The minimum Gasteiger partial charge on any atom is -0.326 e. The summed E-state index contributed by atoms with van der Waals surface area (Å²) in [6.45, 7) is 2.07. The quantitative estimate of drug-likeness (QED) is 0.643. The average molecular weight is 440 g/mol. The van der Waals surface area contributed by atoms with Gasteiger partial charge in [-0.2, -0.15) is 0 Å². The highest BCUT2D eigenvalue weighted by molar-refractivity contribution is 6.30. The van der Waals surface area contributed by atoms with Gasteiger partial charge in [-0.3, -0.25) is 9.59 Å². The van der Waals surface area contributed by atoms with E-state index in [0.717, 1.165) is 32.1 Å². The fraction of sp³-hybridized carbons (Fsp3) is 0.375. The Kier molecular flexibility index (Phi) is 6.28. The molecule has 0 bridgehead atoms. The predicted molar refractivity (Wildman–Crippen MR) is 121 cm³/mol. The number of nitrogens with one attached hydrogen (secondary N) is 1. The van der Waals surface area contributed by atoms with E-state index >= 15 is 0 Å². The van der Waals surface area contributed by atoms with Crippen LogP contribution >= 0.6 is 11.6 Å². The van der Waals surface area contributed by atoms with E-state index in [2.05, 4.69) is 12.2 Å². The first-order chi connectivity index (χ1) is 15.0. The maximum atomic E-state index is 13.3. The Bertz CT molecular complexity index is 969. The number of carbonyl (C=O) groups is 3. The van der Waals surface area contributed by atoms with Crippen molar-refractivity contribution in [2.45, 2.75) is 57.5 Å². The monoisotopic (exact) mass is 439 g/mol. The number of aryl methyl sites for hydroxylation is 1. The highest BCUT2D eigenvalue weighted by atomic mass is 35.5. The molecule has 31 heavy (non-hydrogen) atoms. The number of hydrogen-bond donors (Lipinski definition) is 1. The van der Waals surface area contributed by atoms with Crippen LogP contribution in [-0.2, 0) is 16.0 Å². The van der Waals surface area contributed by atoms with Crippen LogP contribution in [0.4, 0.5) is 16.2 Å². The van der Waals surface area contributed by atoms with Crippen LogP contribution in [0.3, 0.4) is 0 Å². The Balaban J connectivity index is 1.55. The smallest absolute Gasteiger partial charge is 0.326 e. The topological polar surface area (TPSA) is 69.7 Å². The minimum atomic E-state index is -0.804. The van der Waals surface area contributed by atoms with E-state index < -0.39 is 6.04 Å². The lowest BCUT2D eigenvalue weighted by molar-refractivity contribution is -0.124. The number of benzene rings is 2. The summed E-state index contributed by atoms with van der Waals surface area (Å²) in [5, 5.41) is 3.39. The molecular weight excluding hydrogens is 414 g/mol. The van der Waals surface area contributed by atoms with Crippen molar-refractivity contribution in [2.24, 2.45) is 0 Å². The molecule has 162 valence electrons. The lowest BCUT2D eigenvalue weighted by atomic mass is 10.1. The number of halogens is 1. The zero-order valence-electron chi connectivity index (χ0n) is 17.5. The van der Waals surface area contributed by atoms with E-state index in [9.17, 15) is 14.4 Å². The number of imide groups is 1. The third-order valence-corrected chi connectivity index (χ3v) is 6.33. The molecule has 2 aromatic rings. The first-order valence-electron chi connectivity index (χ1n) is 10.8. The number of urea groups is 1. The van der Waals surface area contributed by atoms with Gasteiger partial charge in [0.15, 0.2) is 0 Å². The standard InChI is InChI=1S/C24H26ClN3O3/c1-2-16-7-11-18(12-8-16)26-22(29)15-21-23(30)28(20-13-9-17(25)10-14-20)24(31)27(21)19-5-3-4-6-19/h7-14,19,21H,2-6,15H2,1H3,(H,26,29). The van der Waals surface area contributed by atoms with Crippen molar-refractivity contribution in [3.05, 3.63) is 59.1 Å². The molecular formula is C24H26ClN3O3. The second-order valence-electron chi connectivity index (χ2n) is 8.10. The van der Waals surface area contributed by atoms with Gasteiger partial charge in [0.2, 0.25) is 5.91 Å². The lowest BCUT2D eigenvalue weighted by Gasteiger charge is -2.27. The summed E-state index contributed by atoms with van der Waals surface area (Å²) >= 11 is 5.97. The number of hydrogen-bond acceptors (Lipinski definition) is 3. The molecule has 4 rings (SSSR count). The van der Waals surface area contributed by atoms with Crippen molar-refractivity contribution in [3.8, 4) is 0 Å². The van der Waals surface area contributed by atoms with E-state index in [0.29, 0.717) is 16.4 Å². The molecule has 2 fully saturated rings. The molecule has 1 aliphatic carbocycles. The second kappa shape index (κ2) is 9.10. The number of amides is 4. The Labute approximate surface area is 187 Å². The Morgan fingerprint density at radius 3 is 2.29 bits per heavy atom. The summed E-state index contributed by atoms with van der Waals surface area (Å²) in [5.74, 6) is -0.646. The van der Waals surface area contributed by atoms with E-state index in [1.165, 1.54) is 10.5 Å². The number of carbonyl (C=O) groups excluding carboxylic acids is 3. The van der Waals surface area contributed by atoms with Crippen LogP contribution in [0.1, 0.15) is 44.6 Å². The molecule has 2 aromatic carbocycles. The summed E-state index contributed by atoms with van der Waals surface area (Å²) in [6, 6.07) is 13.1. The van der Waals surface area contributed by atoms with Crippen molar-refractivity contribution >= 4 is 40.8 Å². The highest BCUT2D eigenvalue weighted by Crippen LogP contribution is 2.34. The van der Waals surface area contributed by atoms with E-state index in [1.54, 1.807) is 29.2 Å².